The maximum atomic E-state index is 13.6. The molecule has 5 nitrogen and oxygen atoms in total. The lowest BCUT2D eigenvalue weighted by molar-refractivity contribution is 0.603. The highest BCUT2D eigenvalue weighted by Gasteiger charge is 2.16. The Bertz CT molecular complexity index is 975. The van der Waals surface area contributed by atoms with Crippen LogP contribution in [0, 0.1) is 5.82 Å². The van der Waals surface area contributed by atoms with Crippen molar-refractivity contribution in [3.05, 3.63) is 70.4 Å². The third-order valence-electron chi connectivity index (χ3n) is 3.25. The third-order valence-corrected chi connectivity index (χ3v) is 6.35. The Kier molecular flexibility index (Phi) is 5.22. The van der Waals surface area contributed by atoms with Crippen LogP contribution in [0.25, 0.3) is 0 Å². The molecule has 1 aromatic carbocycles. The van der Waals surface area contributed by atoms with E-state index in [1.165, 1.54) is 24.4 Å². The van der Waals surface area contributed by atoms with E-state index in [2.05, 4.69) is 15.0 Å². The van der Waals surface area contributed by atoms with Crippen molar-refractivity contribution in [3.63, 3.8) is 0 Å². The number of halogens is 2. The van der Waals surface area contributed by atoms with Gasteiger partial charge in [0.05, 0.1) is 16.2 Å². The van der Waals surface area contributed by atoms with Crippen molar-refractivity contribution in [1.29, 1.82) is 0 Å². The van der Waals surface area contributed by atoms with E-state index in [1.807, 2.05) is 0 Å². The number of nitrogens with one attached hydrogen (secondary N) is 2. The first-order valence-electron chi connectivity index (χ1n) is 7.15. The first kappa shape index (κ1) is 17.7. The number of nitrogens with zero attached hydrogens (tertiary/aromatic N) is 1. The number of benzene rings is 1. The zero-order valence-electron chi connectivity index (χ0n) is 12.7. The standard InChI is InChI=1S/C16H13ClFN3O2S2/c17-14-6-8-16(24-14)25(22,23)21-12-5-7-15(20-10-12)19-9-11-3-1-2-4-13(11)18/h1-8,10,21H,9H2,(H,19,20). The number of hydrogen-bond donors (Lipinski definition) is 2. The summed E-state index contributed by atoms with van der Waals surface area (Å²) in [7, 11) is -3.69. The fourth-order valence-corrected chi connectivity index (χ4v) is 4.56. The van der Waals surface area contributed by atoms with Crippen LogP contribution in [-0.4, -0.2) is 13.4 Å². The van der Waals surface area contributed by atoms with Gasteiger partial charge in [0.2, 0.25) is 0 Å². The molecule has 3 rings (SSSR count). The molecule has 0 aliphatic heterocycles. The first-order chi connectivity index (χ1) is 11.9. The Morgan fingerprint density at radius 2 is 1.92 bits per heavy atom. The molecule has 2 aromatic heterocycles. The van der Waals surface area contributed by atoms with Crippen LogP contribution in [0.2, 0.25) is 4.34 Å². The summed E-state index contributed by atoms with van der Waals surface area (Å²) < 4.78 is 40.9. The van der Waals surface area contributed by atoms with Crippen molar-refractivity contribution in [2.45, 2.75) is 10.8 Å². The third kappa shape index (κ3) is 4.47. The predicted molar refractivity (Wildman–Crippen MR) is 98.1 cm³/mol. The van der Waals surface area contributed by atoms with Crippen LogP contribution in [0.1, 0.15) is 5.56 Å². The monoisotopic (exact) mass is 397 g/mol. The highest BCUT2D eigenvalue weighted by Crippen LogP contribution is 2.27. The summed E-state index contributed by atoms with van der Waals surface area (Å²) in [5, 5.41) is 2.98. The number of hydrogen-bond acceptors (Lipinski definition) is 5. The van der Waals surface area contributed by atoms with E-state index < -0.39 is 10.0 Å². The predicted octanol–water partition coefficient (Wildman–Crippen LogP) is 4.35. The minimum atomic E-state index is -3.69. The Hall–Kier alpha value is -2.16. The van der Waals surface area contributed by atoms with Gasteiger partial charge in [0.25, 0.3) is 10.0 Å². The molecule has 9 heteroatoms. The lowest BCUT2D eigenvalue weighted by Crippen LogP contribution is -2.11. The summed E-state index contributed by atoms with van der Waals surface area (Å²) in [4.78, 5) is 4.12. The van der Waals surface area contributed by atoms with Gasteiger partial charge in [0, 0.05) is 12.1 Å². The molecule has 0 radical (unpaired) electrons. The van der Waals surface area contributed by atoms with Crippen molar-refractivity contribution in [1.82, 2.24) is 4.98 Å². The van der Waals surface area contributed by atoms with Crippen LogP contribution in [0.4, 0.5) is 15.9 Å². The number of anilines is 2. The van der Waals surface area contributed by atoms with Crippen molar-refractivity contribution in [3.8, 4) is 0 Å². The van der Waals surface area contributed by atoms with Crippen LogP contribution >= 0.6 is 22.9 Å². The largest absolute Gasteiger partial charge is 0.366 e. The number of pyridine rings is 1. The molecule has 25 heavy (non-hydrogen) atoms. The Labute approximate surface area is 153 Å². The zero-order chi connectivity index (χ0) is 17.9. The summed E-state index contributed by atoms with van der Waals surface area (Å²) >= 11 is 6.74. The number of thiophene rings is 1. The maximum absolute atomic E-state index is 13.6. The normalized spacial score (nSPS) is 11.3. The molecular formula is C16H13ClFN3O2S2. The number of rotatable bonds is 6. The van der Waals surface area contributed by atoms with E-state index in [1.54, 1.807) is 30.3 Å². The molecule has 2 N–H and O–H groups in total. The minimum Gasteiger partial charge on any atom is -0.366 e. The van der Waals surface area contributed by atoms with Crippen LogP contribution in [0.3, 0.4) is 0 Å². The van der Waals surface area contributed by atoms with Crippen molar-refractivity contribution < 1.29 is 12.8 Å². The SMILES string of the molecule is O=S(=O)(Nc1ccc(NCc2ccccc2F)nc1)c1ccc(Cl)s1. The molecule has 0 unspecified atom stereocenters. The zero-order valence-corrected chi connectivity index (χ0v) is 15.1. The minimum absolute atomic E-state index is 0.124. The summed E-state index contributed by atoms with van der Waals surface area (Å²) in [6.07, 6.45) is 1.39. The molecule has 2 heterocycles. The maximum Gasteiger partial charge on any atom is 0.271 e. The Morgan fingerprint density at radius 1 is 1.12 bits per heavy atom. The van der Waals surface area contributed by atoms with Gasteiger partial charge in [-0.3, -0.25) is 4.72 Å². The molecule has 0 saturated heterocycles. The van der Waals surface area contributed by atoms with Crippen molar-refractivity contribution in [2.24, 2.45) is 0 Å². The lowest BCUT2D eigenvalue weighted by atomic mass is 10.2. The molecule has 0 atom stereocenters. The van der Waals surface area contributed by atoms with E-state index in [0.29, 0.717) is 21.4 Å². The quantitative estimate of drug-likeness (QED) is 0.648. The molecule has 0 saturated carbocycles. The van der Waals surface area contributed by atoms with Gasteiger partial charge >= 0.3 is 0 Å². The van der Waals surface area contributed by atoms with E-state index in [0.717, 1.165) is 11.3 Å². The number of aromatic nitrogens is 1. The molecule has 0 fully saturated rings. The fourth-order valence-electron chi connectivity index (χ4n) is 2.03. The van der Waals surface area contributed by atoms with E-state index in [4.69, 9.17) is 11.6 Å². The lowest BCUT2D eigenvalue weighted by Gasteiger charge is -2.09. The summed E-state index contributed by atoms with van der Waals surface area (Å²) in [5.74, 6) is 0.208. The molecule has 0 aliphatic carbocycles. The molecular weight excluding hydrogens is 385 g/mol. The van der Waals surface area contributed by atoms with Crippen LogP contribution in [-0.2, 0) is 16.6 Å². The van der Waals surface area contributed by atoms with Crippen molar-refractivity contribution >= 4 is 44.5 Å². The smallest absolute Gasteiger partial charge is 0.271 e. The average molecular weight is 398 g/mol. The van der Waals surface area contributed by atoms with E-state index >= 15 is 0 Å². The first-order valence-corrected chi connectivity index (χ1v) is 9.83. The second-order valence-electron chi connectivity index (χ2n) is 5.04. The van der Waals surface area contributed by atoms with Gasteiger partial charge in [-0.25, -0.2) is 17.8 Å². The molecule has 0 spiro atoms. The Morgan fingerprint density at radius 3 is 2.56 bits per heavy atom. The fraction of sp³-hybridized carbons (Fsp3) is 0.0625. The van der Waals surface area contributed by atoms with Crippen LogP contribution in [0.15, 0.2) is 58.9 Å². The molecule has 0 amide bonds. The van der Waals surface area contributed by atoms with Crippen LogP contribution < -0.4 is 10.0 Å². The average Bonchev–Trinajstić information content (AvgIpc) is 3.03. The second kappa shape index (κ2) is 7.38. The van der Waals surface area contributed by atoms with E-state index in [-0.39, 0.29) is 16.6 Å². The van der Waals surface area contributed by atoms with Gasteiger partial charge in [-0.05, 0) is 30.3 Å². The van der Waals surface area contributed by atoms with Crippen LogP contribution in [0.5, 0.6) is 0 Å². The van der Waals surface area contributed by atoms with Gasteiger partial charge in [-0.2, -0.15) is 0 Å². The number of sulfonamides is 1. The molecule has 130 valence electrons. The molecule has 0 bridgehead atoms. The second-order valence-corrected chi connectivity index (χ2v) is 8.67. The highest BCUT2D eigenvalue weighted by molar-refractivity contribution is 7.94. The topological polar surface area (TPSA) is 71.1 Å². The molecule has 0 aliphatic rings. The summed E-state index contributed by atoms with van der Waals surface area (Å²) in [5.41, 5.74) is 0.838. The molecule has 3 aromatic rings. The summed E-state index contributed by atoms with van der Waals surface area (Å²) in [6, 6.07) is 12.6. The highest BCUT2D eigenvalue weighted by atomic mass is 35.5. The van der Waals surface area contributed by atoms with Crippen molar-refractivity contribution in [2.75, 3.05) is 10.0 Å². The Balaban J connectivity index is 1.65. The summed E-state index contributed by atoms with van der Waals surface area (Å²) in [6.45, 7) is 0.276. The van der Waals surface area contributed by atoms with Gasteiger partial charge < -0.3 is 5.32 Å². The van der Waals surface area contributed by atoms with Gasteiger partial charge in [0.15, 0.2) is 0 Å². The van der Waals surface area contributed by atoms with Gasteiger partial charge in [-0.1, -0.05) is 29.8 Å². The van der Waals surface area contributed by atoms with E-state index in [9.17, 15) is 12.8 Å². The van der Waals surface area contributed by atoms with Gasteiger partial charge in [0.1, 0.15) is 15.8 Å². The van der Waals surface area contributed by atoms with Gasteiger partial charge in [-0.15, -0.1) is 11.3 Å².